The van der Waals surface area contributed by atoms with Gasteiger partial charge in [-0.15, -0.1) is 0 Å². The molecule has 5 heteroatoms. The zero-order chi connectivity index (χ0) is 18.8. The van der Waals surface area contributed by atoms with Gasteiger partial charge in [-0.25, -0.2) is 9.98 Å². The normalized spacial score (nSPS) is 12.7. The number of allylic oxidation sites excluding steroid dienone is 2. The van der Waals surface area contributed by atoms with Crippen molar-refractivity contribution in [1.82, 2.24) is 5.32 Å². The molecule has 1 aromatic carbocycles. The first-order chi connectivity index (χ1) is 11.9. The van der Waals surface area contributed by atoms with Gasteiger partial charge in [0.25, 0.3) is 0 Å². The number of benzene rings is 1. The van der Waals surface area contributed by atoms with Crippen LogP contribution in [0.25, 0.3) is 0 Å². The Hall–Kier alpha value is -2.79. The van der Waals surface area contributed by atoms with Gasteiger partial charge >= 0.3 is 0 Å². The maximum absolute atomic E-state index is 11.3. The Bertz CT molecular complexity index is 743. The van der Waals surface area contributed by atoms with Gasteiger partial charge in [-0.3, -0.25) is 4.79 Å². The monoisotopic (exact) mass is 339 g/mol. The molecule has 0 atom stereocenters. The van der Waals surface area contributed by atoms with Crippen molar-refractivity contribution in [2.75, 3.05) is 7.11 Å². The summed E-state index contributed by atoms with van der Waals surface area (Å²) in [6.07, 6.45) is 3.37. The van der Waals surface area contributed by atoms with Crippen LogP contribution in [-0.2, 0) is 16.1 Å². The average Bonchev–Trinajstić information content (AvgIpc) is 2.57. The quantitative estimate of drug-likeness (QED) is 0.607. The number of nitrogens with zero attached hydrogens (tertiary/aromatic N) is 2. The Morgan fingerprint density at radius 3 is 2.56 bits per heavy atom. The minimum Gasteiger partial charge on any atom is -0.380 e. The Kier molecular flexibility index (Phi) is 8.23. The molecule has 0 aliphatic rings. The highest BCUT2D eigenvalue weighted by molar-refractivity contribution is 6.16. The zero-order valence-electron chi connectivity index (χ0n) is 15.3. The van der Waals surface area contributed by atoms with Crippen LogP contribution in [0.3, 0.4) is 0 Å². The van der Waals surface area contributed by atoms with Gasteiger partial charge in [0.1, 0.15) is 5.82 Å². The van der Waals surface area contributed by atoms with E-state index in [2.05, 4.69) is 28.5 Å². The average molecular weight is 339 g/mol. The Balaban J connectivity index is 3.30. The second-order valence-corrected chi connectivity index (χ2v) is 5.41. The van der Waals surface area contributed by atoms with E-state index in [1.807, 2.05) is 31.2 Å². The molecule has 1 amide bonds. The van der Waals surface area contributed by atoms with E-state index in [1.165, 1.54) is 6.92 Å². The lowest BCUT2D eigenvalue weighted by molar-refractivity contribution is -0.118. The third kappa shape index (κ3) is 6.69. The molecule has 5 nitrogen and oxygen atoms in total. The molecule has 1 rings (SSSR count). The van der Waals surface area contributed by atoms with Gasteiger partial charge in [0.05, 0.1) is 12.3 Å². The van der Waals surface area contributed by atoms with Crippen molar-refractivity contribution in [3.8, 4) is 0 Å². The Morgan fingerprint density at radius 1 is 1.32 bits per heavy atom. The maximum atomic E-state index is 11.3. The number of rotatable bonds is 7. The molecule has 132 valence electrons. The van der Waals surface area contributed by atoms with Crippen molar-refractivity contribution in [1.29, 1.82) is 0 Å². The number of amidine groups is 1. The van der Waals surface area contributed by atoms with Crippen molar-refractivity contribution in [3.63, 3.8) is 0 Å². The summed E-state index contributed by atoms with van der Waals surface area (Å²) in [6.45, 7) is 13.3. The summed E-state index contributed by atoms with van der Waals surface area (Å²) in [5.74, 6) is 0.651. The van der Waals surface area contributed by atoms with E-state index in [9.17, 15) is 4.79 Å². The highest BCUT2D eigenvalue weighted by atomic mass is 16.5. The molecule has 0 aliphatic carbocycles. The van der Waals surface area contributed by atoms with E-state index in [4.69, 9.17) is 4.74 Å². The molecular weight excluding hydrogens is 314 g/mol. The summed E-state index contributed by atoms with van der Waals surface area (Å²) in [5.41, 5.74) is 3.28. The molecule has 25 heavy (non-hydrogen) atoms. The van der Waals surface area contributed by atoms with E-state index >= 15 is 0 Å². The lowest BCUT2D eigenvalue weighted by Crippen LogP contribution is -2.19. The molecule has 0 bridgehead atoms. The first-order valence-corrected chi connectivity index (χ1v) is 7.89. The van der Waals surface area contributed by atoms with Crippen LogP contribution in [0.15, 0.2) is 71.0 Å². The molecule has 0 radical (unpaired) electrons. The van der Waals surface area contributed by atoms with Crippen molar-refractivity contribution in [3.05, 3.63) is 72.1 Å². The summed E-state index contributed by atoms with van der Waals surface area (Å²) in [5, 5.41) is 2.65. The number of methoxy groups -OCH3 is 1. The van der Waals surface area contributed by atoms with Crippen LogP contribution < -0.4 is 5.32 Å². The van der Waals surface area contributed by atoms with Gasteiger partial charge in [-0.2, -0.15) is 0 Å². The predicted octanol–water partition coefficient (Wildman–Crippen LogP) is 3.78. The molecule has 0 saturated heterocycles. The van der Waals surface area contributed by atoms with Gasteiger partial charge in [0.2, 0.25) is 5.91 Å². The highest BCUT2D eigenvalue weighted by Crippen LogP contribution is 2.11. The van der Waals surface area contributed by atoms with E-state index in [0.717, 1.165) is 11.1 Å². The molecule has 0 heterocycles. The van der Waals surface area contributed by atoms with E-state index < -0.39 is 0 Å². The van der Waals surface area contributed by atoms with E-state index in [1.54, 1.807) is 26.2 Å². The Morgan fingerprint density at radius 2 is 2.04 bits per heavy atom. The summed E-state index contributed by atoms with van der Waals surface area (Å²) in [6, 6.07) is 7.86. The van der Waals surface area contributed by atoms with Gasteiger partial charge in [-0.1, -0.05) is 31.4 Å². The van der Waals surface area contributed by atoms with Crippen LogP contribution in [0.5, 0.6) is 0 Å². The summed E-state index contributed by atoms with van der Waals surface area (Å²) >= 11 is 0. The summed E-state index contributed by atoms with van der Waals surface area (Å²) < 4.78 is 5.17. The largest absolute Gasteiger partial charge is 0.380 e. The first kappa shape index (κ1) is 20.3. The van der Waals surface area contributed by atoms with Crippen LogP contribution in [0, 0.1) is 0 Å². The molecule has 1 N–H and O–H groups in total. The number of aliphatic imine (C=N–C) groups is 2. The van der Waals surface area contributed by atoms with Gasteiger partial charge in [-0.05, 0) is 43.2 Å². The number of carbonyl (C=O) groups is 1. The van der Waals surface area contributed by atoms with Crippen LogP contribution in [-0.4, -0.2) is 24.6 Å². The smallest absolute Gasteiger partial charge is 0.222 e. The fraction of sp³-hybridized carbons (Fsp3) is 0.250. The molecule has 1 aromatic rings. The zero-order valence-corrected chi connectivity index (χ0v) is 15.3. The molecule has 0 aliphatic heterocycles. The third-order valence-electron chi connectivity index (χ3n) is 3.14. The van der Waals surface area contributed by atoms with Crippen molar-refractivity contribution < 1.29 is 9.53 Å². The molecule has 0 spiro atoms. The van der Waals surface area contributed by atoms with E-state index in [0.29, 0.717) is 29.5 Å². The van der Waals surface area contributed by atoms with Crippen LogP contribution in [0.1, 0.15) is 31.9 Å². The maximum Gasteiger partial charge on any atom is 0.222 e. The summed E-state index contributed by atoms with van der Waals surface area (Å²) in [4.78, 5) is 20.2. The minimum atomic E-state index is -0.196. The van der Waals surface area contributed by atoms with Crippen LogP contribution in [0.2, 0.25) is 0 Å². The first-order valence-electron chi connectivity index (χ1n) is 7.89. The molecule has 0 aromatic heterocycles. The van der Waals surface area contributed by atoms with Crippen molar-refractivity contribution in [2.45, 2.75) is 27.4 Å². The molecule has 0 saturated carbocycles. The predicted molar refractivity (Wildman–Crippen MR) is 104 cm³/mol. The number of ether oxygens (including phenoxy) is 1. The molecule has 0 unspecified atom stereocenters. The minimum absolute atomic E-state index is 0.196. The molecule has 0 fully saturated rings. The number of amides is 1. The van der Waals surface area contributed by atoms with E-state index in [-0.39, 0.29) is 5.91 Å². The third-order valence-corrected chi connectivity index (χ3v) is 3.14. The van der Waals surface area contributed by atoms with Crippen LogP contribution >= 0.6 is 0 Å². The van der Waals surface area contributed by atoms with Gasteiger partial charge in [0.15, 0.2) is 5.84 Å². The number of carbonyl (C=O) groups excluding carboxylic acids is 1. The lowest BCUT2D eigenvalue weighted by atomic mass is 10.1. The fourth-order valence-electron chi connectivity index (χ4n) is 2.00. The fourth-order valence-corrected chi connectivity index (χ4v) is 2.00. The highest BCUT2D eigenvalue weighted by Gasteiger charge is 2.06. The van der Waals surface area contributed by atoms with Gasteiger partial charge < -0.3 is 10.1 Å². The standard InChI is InChI=1S/C20H25N3O2/c1-7-18(17-11-9-10-16(12-17)13-25-6)22-20(14(3)4)23-19(8-2)21-15(5)24/h7-12H,1,3,13H2,2,4-6H3,(H,21,24)/b19-8-,22-18?,23-20?. The van der Waals surface area contributed by atoms with Crippen LogP contribution in [0.4, 0.5) is 0 Å². The van der Waals surface area contributed by atoms with Crippen molar-refractivity contribution >= 4 is 17.5 Å². The second-order valence-electron chi connectivity index (χ2n) is 5.41. The van der Waals surface area contributed by atoms with Gasteiger partial charge in [0, 0.05) is 19.6 Å². The second kappa shape index (κ2) is 10.2. The van der Waals surface area contributed by atoms with Crippen molar-refractivity contribution in [2.24, 2.45) is 9.98 Å². The number of nitrogens with one attached hydrogen (secondary N) is 1. The number of hydrogen-bond donors (Lipinski definition) is 1. The Labute approximate surface area is 149 Å². The lowest BCUT2D eigenvalue weighted by Gasteiger charge is -2.08. The topological polar surface area (TPSA) is 63.0 Å². The SMILES string of the molecule is C=CC(=NC(=N/C(=C\C)NC(C)=O)C(=C)C)c1cccc(COC)c1. The summed E-state index contributed by atoms with van der Waals surface area (Å²) in [7, 11) is 1.65. The molecular formula is C20H25N3O2. The number of hydrogen-bond acceptors (Lipinski definition) is 3.